The monoisotopic (exact) mass is 1810 g/mol. The number of piperidine rings is 1. The van der Waals surface area contributed by atoms with Crippen LogP contribution in [0, 0.1) is 17.3 Å². The highest BCUT2D eigenvalue weighted by molar-refractivity contribution is 8.76. The molecule has 5 aromatic rings. The average molecular weight is 1810 g/mol. The molecule has 6 heterocycles. The minimum Gasteiger partial charge on any atom is -0.496 e. The summed E-state index contributed by atoms with van der Waals surface area (Å²) in [6, 6.07) is 20.5. The maximum atomic E-state index is 15.4. The van der Waals surface area contributed by atoms with E-state index in [0.717, 1.165) is 75.2 Å². The highest BCUT2D eigenvalue weighted by Gasteiger charge is 2.78. The Balaban J connectivity index is 0.674. The van der Waals surface area contributed by atoms with Gasteiger partial charge < -0.3 is 103 Å². The Hall–Kier alpha value is -11.0. The van der Waals surface area contributed by atoms with Gasteiger partial charge in [-0.15, -0.1) is 0 Å². The number of nitrogens with zero attached hydrogens (tertiary/aromatic N) is 3. The maximum absolute atomic E-state index is 15.4. The third kappa shape index (κ3) is 21.8. The molecule has 1 saturated carbocycles. The number of likely N-dealkylation sites (N-methyl/N-ethyl adjacent to an activating group) is 1. The third-order valence-electron chi connectivity index (χ3n) is 26.4. The van der Waals surface area contributed by atoms with Gasteiger partial charge in [0.15, 0.2) is 29.2 Å². The number of aliphatic carboxylic acids is 4. The minimum atomic E-state index is -2.51. The zero-order valence-electron chi connectivity index (χ0n) is 72.2. The molecule has 692 valence electrons. The van der Waals surface area contributed by atoms with Crippen LogP contribution in [0.2, 0.25) is 0 Å². The zero-order valence-corrected chi connectivity index (χ0v) is 73.9. The van der Waals surface area contributed by atoms with Crippen molar-refractivity contribution in [3.8, 4) is 5.75 Å². The number of aromatic nitrogens is 1. The molecule has 38 heteroatoms. The van der Waals surface area contributed by atoms with E-state index >= 15 is 4.79 Å². The molecule has 11 rings (SSSR count). The summed E-state index contributed by atoms with van der Waals surface area (Å²) in [7, 11) is 5.52. The molecule has 7 amide bonds. The number of aliphatic hydroxyl groups is 3. The van der Waals surface area contributed by atoms with Gasteiger partial charge in [-0.3, -0.25) is 62.5 Å². The molecule has 0 radical (unpaired) electrons. The molecule has 4 aromatic carbocycles. The fourth-order valence-corrected chi connectivity index (χ4v) is 22.2. The summed E-state index contributed by atoms with van der Waals surface area (Å²) in [5.41, 5.74) is 6.77. The second-order valence-electron chi connectivity index (χ2n) is 34.2. The van der Waals surface area contributed by atoms with E-state index in [9.17, 15) is 93.0 Å². The van der Waals surface area contributed by atoms with Crippen molar-refractivity contribution in [3.63, 3.8) is 0 Å². The number of ether oxygens (including phenoxy) is 3. The lowest BCUT2D eigenvalue weighted by Gasteiger charge is -2.63. The number of carbonyl (C=O) groups is 14. The number of carboxylic acids is 4. The molecule has 5 aliphatic heterocycles. The molecule has 0 bridgehead atoms. The first-order chi connectivity index (χ1) is 61.1. The van der Waals surface area contributed by atoms with Crippen molar-refractivity contribution in [1.82, 2.24) is 52.0 Å². The molecule has 1 aromatic heterocycles. The number of carboxylic acid groups (broad SMARTS) is 4. The zero-order chi connectivity index (χ0) is 92.6. The van der Waals surface area contributed by atoms with Crippen molar-refractivity contribution in [2.24, 2.45) is 23.0 Å². The molecule has 128 heavy (non-hydrogen) atoms. The molecule has 1 spiro atoms. The second kappa shape index (κ2) is 42.9. The minimum absolute atomic E-state index is 0.0339. The van der Waals surface area contributed by atoms with Gasteiger partial charge in [0, 0.05) is 145 Å². The van der Waals surface area contributed by atoms with Gasteiger partial charge in [-0.1, -0.05) is 126 Å². The summed E-state index contributed by atoms with van der Waals surface area (Å²) >= 11 is 0. The number of carbonyl (C=O) groups excluding carboxylic acids is 10. The molecule has 3 fully saturated rings. The number of para-hydroxylation sites is 1. The standard InChI is InChI=1S/C90H116N12O24S2/c1-6-87-30-16-35-102-37-32-89(81(87)102)58-44-59(86(3)47-69-88(122,7-2)31-17-34-101(69)36-29-57-56-22-14-15-23-61(56)96-76(57)86)68(124-5)46-65(58)100(4)82(89)90(123,83(87)119)70(106)49-94-85(121)125-38-39-127-128-50-55(79(115)116)43-67(105)64(45-75(111)112)97-78(114)60(91)48-93-77(113)54(40-52-18-10-8-11-19-52)42-66(104)63(41-53-20-12-9-13-21-53)95-72(108)28-33-92-71(107)25-24-62(80(117)118)98-84(120)99-73(126-51-103)26-27-74(109)110/h8-16,18-23,30,44,46,51,54-55,60,62-64,69,73,81-83,96,119,122-123H,6-7,17,24-29,31-43,45,47-50,91H2,1-5H3,(H,92,107)(H,93,113)(H,94,121)(H,95,108)(H,97,114)(H,109,110)(H,111,112)(H,115,116)(H,117,118)(H2,98,99,120)/t54-,55+,60+,62+,63+,64+,69?,73-,81+,82?,83-,86-,87-,88+,89-,90+/m1/s1. The van der Waals surface area contributed by atoms with Gasteiger partial charge in [-0.05, 0) is 119 Å². The predicted molar refractivity (Wildman–Crippen MR) is 471 cm³/mol. The Labute approximate surface area is 747 Å². The summed E-state index contributed by atoms with van der Waals surface area (Å²) in [6.45, 7) is 7.05. The van der Waals surface area contributed by atoms with Crippen LogP contribution in [0.25, 0.3) is 10.9 Å². The summed E-state index contributed by atoms with van der Waals surface area (Å²) in [5.74, 6) is -13.7. The number of nitrogens with two attached hydrogens (primary N) is 1. The highest BCUT2D eigenvalue weighted by Crippen LogP contribution is 2.68. The van der Waals surface area contributed by atoms with Gasteiger partial charge >= 0.3 is 36.0 Å². The lowest BCUT2D eigenvalue weighted by Crippen LogP contribution is -2.81. The fourth-order valence-electron chi connectivity index (χ4n) is 20.1. The van der Waals surface area contributed by atoms with Crippen LogP contribution in [0.3, 0.4) is 0 Å². The largest absolute Gasteiger partial charge is 0.496 e. The van der Waals surface area contributed by atoms with E-state index in [-0.39, 0.29) is 62.9 Å². The van der Waals surface area contributed by atoms with Crippen LogP contribution in [0.1, 0.15) is 144 Å². The van der Waals surface area contributed by atoms with Crippen LogP contribution < -0.4 is 52.6 Å². The van der Waals surface area contributed by atoms with Crippen LogP contribution in [-0.2, 0) is 97.1 Å². The maximum Gasteiger partial charge on any atom is 0.407 e. The van der Waals surface area contributed by atoms with Crippen molar-refractivity contribution in [2.45, 2.75) is 207 Å². The van der Waals surface area contributed by atoms with Gasteiger partial charge in [0.1, 0.15) is 30.5 Å². The van der Waals surface area contributed by atoms with Crippen LogP contribution in [0.4, 0.5) is 15.3 Å². The SMILES string of the molecule is CC[C@]1(O)CCCN2CCc3c([nH]c4ccccc34)[C@@](C)(c3cc4c(cc3OC)N(C)C3[C@]45CCN4CC=C[C@@](CC)([C@@H](O)[C@]3(O)C(=O)CNC(=O)OCCSSC[C@H](CC(=O)[C@H](CC(=O)O)NC(=O)[C@@H](N)CNC(=O)[C@@H](CC(=O)[C@H](Cc3ccccc3)NC(=O)CCNC(=O)CC[C@H](NC(=O)N[C@@H](CCC(=O)O)OC=O)C(=O)O)Cc3ccccc3)C(=O)O)[C@H]45)CC21. The van der Waals surface area contributed by atoms with Crippen LogP contribution in [-0.4, -0.2) is 278 Å². The highest BCUT2D eigenvalue weighted by atomic mass is 33.1. The molecule has 2 unspecified atom stereocenters. The van der Waals surface area contributed by atoms with E-state index in [0.29, 0.717) is 67.8 Å². The number of alkyl carbamates (subject to hydrolysis) is 1. The van der Waals surface area contributed by atoms with Crippen molar-refractivity contribution < 1.29 is 117 Å². The van der Waals surface area contributed by atoms with E-state index < -0.39 is 216 Å². The number of H-pyrrole nitrogens is 1. The van der Waals surface area contributed by atoms with E-state index in [1.54, 1.807) is 67.8 Å². The number of aromatic amines is 1. The lowest BCUT2D eigenvalue weighted by atomic mass is 9.47. The number of hydrogen-bond acceptors (Lipinski definition) is 26. The number of hydrogen-bond donors (Lipinski definition) is 16. The average Bonchev–Trinajstić information content (AvgIpc) is 1.47. The number of Topliss-reactive ketones (excluding diaryl/α,β-unsaturated/α-hetero) is 3. The molecule has 2 saturated heterocycles. The number of fused-ring (bicyclic) bond motifs is 5. The second-order valence-corrected chi connectivity index (χ2v) is 36.8. The van der Waals surface area contributed by atoms with Gasteiger partial charge in [0.25, 0.3) is 6.47 Å². The first kappa shape index (κ1) is 97.6. The molecule has 16 atom stereocenters. The first-order valence-electron chi connectivity index (χ1n) is 43.2. The Morgan fingerprint density at radius 3 is 2.05 bits per heavy atom. The van der Waals surface area contributed by atoms with Crippen LogP contribution >= 0.6 is 21.6 Å². The molecule has 6 aliphatic rings. The van der Waals surface area contributed by atoms with E-state index in [4.69, 9.17) is 20.3 Å². The number of amides is 7. The van der Waals surface area contributed by atoms with E-state index in [1.807, 2.05) is 49.2 Å². The number of urea groups is 1. The number of aliphatic hydroxyl groups excluding tert-OH is 1. The van der Waals surface area contributed by atoms with E-state index in [2.05, 4.69) is 88.8 Å². The Bertz CT molecular complexity index is 4950. The predicted octanol–water partition coefficient (Wildman–Crippen LogP) is 3.92. The quantitative estimate of drug-likeness (QED) is 0.00863. The molecule has 17 N–H and O–H groups in total. The van der Waals surface area contributed by atoms with Crippen molar-refractivity contribution in [1.29, 1.82) is 0 Å². The fraction of sp³-hybridized carbons (Fsp3) is 0.533. The summed E-state index contributed by atoms with van der Waals surface area (Å²) in [6.07, 6.45) is -0.370. The summed E-state index contributed by atoms with van der Waals surface area (Å²) < 4.78 is 16.6. The Morgan fingerprint density at radius 1 is 0.688 bits per heavy atom. The van der Waals surface area contributed by atoms with Gasteiger partial charge in [-0.25, -0.2) is 14.4 Å². The normalized spacial score (nSPS) is 24.2. The number of rotatable bonds is 46. The van der Waals surface area contributed by atoms with Gasteiger partial charge in [0.05, 0.1) is 56.1 Å². The topological polar surface area (TPSA) is 544 Å². The summed E-state index contributed by atoms with van der Waals surface area (Å²) in [5, 5.41) is 96.2. The molecule has 36 nitrogen and oxygen atoms in total. The first-order valence-corrected chi connectivity index (χ1v) is 45.7. The number of benzene rings is 4. The number of nitrogens with one attached hydrogen (secondary N) is 8. The lowest BCUT2D eigenvalue weighted by molar-refractivity contribution is -0.201. The Kier molecular flexibility index (Phi) is 32.8. The van der Waals surface area contributed by atoms with Crippen molar-refractivity contribution in [2.75, 3.05) is 83.0 Å². The van der Waals surface area contributed by atoms with Crippen molar-refractivity contribution in [3.05, 3.63) is 143 Å². The number of anilines is 1. The number of methoxy groups -OCH3 is 1. The van der Waals surface area contributed by atoms with Gasteiger partial charge in [-0.2, -0.15) is 0 Å². The summed E-state index contributed by atoms with van der Waals surface area (Å²) in [4.78, 5) is 193. The molecular weight excluding hydrogens is 1700 g/mol. The van der Waals surface area contributed by atoms with Gasteiger partial charge in [0.2, 0.25) is 23.6 Å². The number of ketones is 3. The Morgan fingerprint density at radius 2 is 1.38 bits per heavy atom. The molecule has 1 aliphatic carbocycles. The van der Waals surface area contributed by atoms with Crippen LogP contribution in [0.15, 0.2) is 109 Å². The van der Waals surface area contributed by atoms with Crippen molar-refractivity contribution >= 4 is 122 Å². The molecular formula is C90H116N12O24S2. The smallest absolute Gasteiger partial charge is 0.407 e. The van der Waals surface area contributed by atoms with E-state index in [1.165, 1.54) is 5.56 Å². The third-order valence-corrected chi connectivity index (χ3v) is 28.9. The van der Waals surface area contributed by atoms with Crippen LogP contribution in [0.5, 0.6) is 5.75 Å².